The molecule has 0 aliphatic heterocycles. The molecule has 0 radical (unpaired) electrons. The predicted octanol–water partition coefficient (Wildman–Crippen LogP) is 3.05. The van der Waals surface area contributed by atoms with Gasteiger partial charge in [0, 0.05) is 0 Å². The van der Waals surface area contributed by atoms with E-state index in [-0.39, 0.29) is 6.42 Å². The van der Waals surface area contributed by atoms with Crippen molar-refractivity contribution in [1.29, 1.82) is 0 Å². The SMILES string of the molecule is FCP(c1ccccc1)c1ccccc1. The Labute approximate surface area is 90.5 Å². The molecule has 0 amide bonds. The van der Waals surface area contributed by atoms with Crippen molar-refractivity contribution in [3.8, 4) is 0 Å². The predicted molar refractivity (Wildman–Crippen MR) is 65.0 cm³/mol. The molecule has 2 aromatic rings. The van der Waals surface area contributed by atoms with Crippen LogP contribution in [0.2, 0.25) is 0 Å². The lowest BCUT2D eigenvalue weighted by atomic mass is 10.4. The Morgan fingerprint density at radius 2 is 1.13 bits per heavy atom. The minimum absolute atomic E-state index is 0.288. The van der Waals surface area contributed by atoms with Crippen LogP contribution in [0.5, 0.6) is 0 Å². The van der Waals surface area contributed by atoms with Crippen LogP contribution in [0, 0.1) is 0 Å². The summed E-state index contributed by atoms with van der Waals surface area (Å²) in [7, 11) is -0.815. The molecular formula is C13H12FP. The fourth-order valence-corrected chi connectivity index (χ4v) is 3.14. The topological polar surface area (TPSA) is 0 Å². The van der Waals surface area contributed by atoms with Gasteiger partial charge < -0.3 is 0 Å². The fraction of sp³-hybridized carbons (Fsp3) is 0.0769. The first-order valence-electron chi connectivity index (χ1n) is 4.85. The normalized spacial score (nSPS) is 10.5. The third-order valence-corrected chi connectivity index (χ3v) is 4.34. The largest absolute Gasteiger partial charge is 0.245 e. The first-order valence-corrected chi connectivity index (χ1v) is 6.38. The van der Waals surface area contributed by atoms with Crippen molar-refractivity contribution in [1.82, 2.24) is 0 Å². The van der Waals surface area contributed by atoms with Crippen molar-refractivity contribution in [2.45, 2.75) is 0 Å². The molecule has 0 N–H and O–H groups in total. The Hall–Kier alpha value is -1.20. The number of benzene rings is 2. The van der Waals surface area contributed by atoms with Crippen LogP contribution >= 0.6 is 7.92 Å². The summed E-state index contributed by atoms with van der Waals surface area (Å²) in [5, 5.41) is 2.20. The molecule has 0 nitrogen and oxygen atoms in total. The number of hydrogen-bond donors (Lipinski definition) is 0. The maximum absolute atomic E-state index is 13.1. The smallest absolute Gasteiger partial charge is 0.117 e. The van der Waals surface area contributed by atoms with Crippen LogP contribution in [0.3, 0.4) is 0 Å². The third kappa shape index (κ3) is 2.43. The van der Waals surface area contributed by atoms with Crippen molar-refractivity contribution >= 4 is 18.5 Å². The lowest BCUT2D eigenvalue weighted by Gasteiger charge is -2.14. The summed E-state index contributed by atoms with van der Waals surface area (Å²) in [5.41, 5.74) is 0. The van der Waals surface area contributed by atoms with Gasteiger partial charge in [-0.3, -0.25) is 0 Å². The minimum atomic E-state index is -0.815. The van der Waals surface area contributed by atoms with Gasteiger partial charge >= 0.3 is 0 Å². The first kappa shape index (κ1) is 10.3. The van der Waals surface area contributed by atoms with E-state index in [0.29, 0.717) is 0 Å². The van der Waals surface area contributed by atoms with Crippen LogP contribution in [0.4, 0.5) is 4.39 Å². The van der Waals surface area contributed by atoms with E-state index in [0.717, 1.165) is 10.6 Å². The van der Waals surface area contributed by atoms with E-state index >= 15 is 0 Å². The van der Waals surface area contributed by atoms with Crippen LogP contribution in [0.15, 0.2) is 60.7 Å². The average Bonchev–Trinajstić information content (AvgIpc) is 2.33. The summed E-state index contributed by atoms with van der Waals surface area (Å²) in [6.07, 6.45) is -0.288. The fourth-order valence-electron chi connectivity index (χ4n) is 1.50. The average molecular weight is 218 g/mol. The Kier molecular flexibility index (Phi) is 3.47. The van der Waals surface area contributed by atoms with Gasteiger partial charge in [-0.05, 0) is 18.5 Å². The second kappa shape index (κ2) is 5.04. The van der Waals surface area contributed by atoms with Gasteiger partial charge in [0.25, 0.3) is 0 Å². The van der Waals surface area contributed by atoms with Crippen LogP contribution < -0.4 is 10.6 Å². The van der Waals surface area contributed by atoms with E-state index < -0.39 is 7.92 Å². The molecule has 0 unspecified atom stereocenters. The number of alkyl halides is 1. The van der Waals surface area contributed by atoms with E-state index in [4.69, 9.17) is 0 Å². The van der Waals surface area contributed by atoms with Gasteiger partial charge in [-0.1, -0.05) is 60.7 Å². The minimum Gasteiger partial charge on any atom is -0.245 e. The molecule has 0 aromatic heterocycles. The van der Waals surface area contributed by atoms with Crippen LogP contribution in [0.1, 0.15) is 0 Å². The van der Waals surface area contributed by atoms with E-state index in [9.17, 15) is 4.39 Å². The number of hydrogen-bond acceptors (Lipinski definition) is 0. The lowest BCUT2D eigenvalue weighted by molar-refractivity contribution is 0.602. The number of rotatable bonds is 3. The van der Waals surface area contributed by atoms with Crippen molar-refractivity contribution in [3.05, 3.63) is 60.7 Å². The van der Waals surface area contributed by atoms with Gasteiger partial charge in [-0.15, -0.1) is 0 Å². The molecule has 76 valence electrons. The van der Waals surface area contributed by atoms with Crippen molar-refractivity contribution in [2.75, 3.05) is 6.42 Å². The second-order valence-corrected chi connectivity index (χ2v) is 5.35. The molecule has 15 heavy (non-hydrogen) atoms. The van der Waals surface area contributed by atoms with E-state index in [1.54, 1.807) is 0 Å². The summed E-state index contributed by atoms with van der Waals surface area (Å²) >= 11 is 0. The maximum atomic E-state index is 13.1. The van der Waals surface area contributed by atoms with E-state index in [1.165, 1.54) is 0 Å². The number of halogens is 1. The Morgan fingerprint density at radius 3 is 1.47 bits per heavy atom. The van der Waals surface area contributed by atoms with Gasteiger partial charge in [0.05, 0.1) is 0 Å². The summed E-state index contributed by atoms with van der Waals surface area (Å²) in [5.74, 6) is 0. The van der Waals surface area contributed by atoms with Crippen LogP contribution in [0.25, 0.3) is 0 Å². The summed E-state index contributed by atoms with van der Waals surface area (Å²) < 4.78 is 13.1. The van der Waals surface area contributed by atoms with Crippen LogP contribution in [-0.4, -0.2) is 6.42 Å². The Bertz CT molecular complexity index is 360. The molecule has 0 saturated heterocycles. The van der Waals surface area contributed by atoms with Crippen molar-refractivity contribution in [2.24, 2.45) is 0 Å². The molecule has 0 aliphatic rings. The molecule has 2 aromatic carbocycles. The highest BCUT2D eigenvalue weighted by Gasteiger charge is 2.11. The molecule has 0 saturated carbocycles. The third-order valence-electron chi connectivity index (χ3n) is 2.26. The van der Waals surface area contributed by atoms with Gasteiger partial charge in [0.1, 0.15) is 6.42 Å². The van der Waals surface area contributed by atoms with Crippen molar-refractivity contribution in [3.63, 3.8) is 0 Å². The summed E-state index contributed by atoms with van der Waals surface area (Å²) in [4.78, 5) is 0. The molecule has 0 aliphatic carbocycles. The van der Waals surface area contributed by atoms with Crippen LogP contribution in [-0.2, 0) is 0 Å². The van der Waals surface area contributed by atoms with E-state index in [2.05, 4.69) is 0 Å². The summed E-state index contributed by atoms with van der Waals surface area (Å²) in [6.45, 7) is 0. The monoisotopic (exact) mass is 218 g/mol. The van der Waals surface area contributed by atoms with Gasteiger partial charge in [-0.2, -0.15) is 0 Å². The van der Waals surface area contributed by atoms with Gasteiger partial charge in [-0.25, -0.2) is 4.39 Å². The Balaban J connectivity index is 2.34. The highest BCUT2D eigenvalue weighted by molar-refractivity contribution is 7.72. The molecule has 0 spiro atoms. The molecule has 2 heteroatoms. The standard InChI is InChI=1S/C13H12FP/c14-11-15(12-7-3-1-4-8-12)13-9-5-2-6-10-13/h1-10H,11H2. The second-order valence-electron chi connectivity index (χ2n) is 3.22. The lowest BCUT2D eigenvalue weighted by Crippen LogP contribution is -2.11. The Morgan fingerprint density at radius 1 is 0.733 bits per heavy atom. The molecule has 0 bridgehead atoms. The maximum Gasteiger partial charge on any atom is 0.117 e. The van der Waals surface area contributed by atoms with Gasteiger partial charge in [0.15, 0.2) is 0 Å². The molecular weight excluding hydrogens is 206 g/mol. The molecule has 2 rings (SSSR count). The zero-order valence-corrected chi connectivity index (χ0v) is 9.20. The van der Waals surface area contributed by atoms with Crippen molar-refractivity contribution < 1.29 is 4.39 Å². The first-order chi connectivity index (χ1) is 7.42. The molecule has 0 fully saturated rings. The molecule has 0 atom stereocenters. The highest BCUT2D eigenvalue weighted by atomic mass is 31.1. The highest BCUT2D eigenvalue weighted by Crippen LogP contribution is 2.32. The zero-order valence-electron chi connectivity index (χ0n) is 8.31. The quantitative estimate of drug-likeness (QED) is 0.694. The molecule has 0 heterocycles. The van der Waals surface area contributed by atoms with Gasteiger partial charge in [0.2, 0.25) is 0 Å². The zero-order chi connectivity index (χ0) is 10.5. The van der Waals surface area contributed by atoms with E-state index in [1.807, 2.05) is 60.7 Å². The summed E-state index contributed by atoms with van der Waals surface area (Å²) in [6, 6.07) is 19.8.